The Labute approximate surface area is 84.7 Å². The minimum Gasteiger partial charge on any atom is -0.411 e. The predicted octanol–water partition coefficient (Wildman–Crippen LogP) is 1.38. The Kier molecular flexibility index (Phi) is 5.46. The van der Waals surface area contributed by atoms with Crippen molar-refractivity contribution in [3.63, 3.8) is 0 Å². The maximum absolute atomic E-state index is 8.35. The van der Waals surface area contributed by atoms with Gasteiger partial charge in [0, 0.05) is 14.1 Å². The van der Waals surface area contributed by atoms with Crippen molar-refractivity contribution >= 4 is 24.5 Å². The molecule has 0 aromatic carbocycles. The van der Waals surface area contributed by atoms with Crippen LogP contribution in [0.3, 0.4) is 0 Å². The minimum atomic E-state index is 0. The summed E-state index contributed by atoms with van der Waals surface area (Å²) >= 11 is 0. The number of amidine groups is 1. The normalized spacial score (nSPS) is 18.2. The van der Waals surface area contributed by atoms with Crippen molar-refractivity contribution in [1.82, 2.24) is 4.90 Å². The number of rotatable bonds is 2. The van der Waals surface area contributed by atoms with Crippen LogP contribution in [0.2, 0.25) is 0 Å². The van der Waals surface area contributed by atoms with Crippen LogP contribution in [0.1, 0.15) is 19.3 Å². The molecular weight excluding hydrogens is 190 g/mol. The number of oxime groups is 1. The molecule has 0 aromatic heterocycles. The molecule has 0 spiro atoms. The van der Waals surface area contributed by atoms with Crippen molar-refractivity contribution < 1.29 is 5.21 Å². The van der Waals surface area contributed by atoms with E-state index in [1.807, 2.05) is 19.0 Å². The van der Waals surface area contributed by atoms with Crippen molar-refractivity contribution in [1.29, 1.82) is 0 Å². The summed E-state index contributed by atoms with van der Waals surface area (Å²) < 4.78 is 0. The number of nitrogens with zero attached hydrogens (tertiary/aromatic N) is 3. The zero-order chi connectivity index (χ0) is 8.97. The van der Waals surface area contributed by atoms with E-state index in [2.05, 4.69) is 10.1 Å². The summed E-state index contributed by atoms with van der Waals surface area (Å²) in [7, 11) is 3.78. The lowest BCUT2D eigenvalue weighted by atomic mass is 9.94. The summed E-state index contributed by atoms with van der Waals surface area (Å²) in [5, 5.41) is 11.3. The van der Waals surface area contributed by atoms with E-state index in [9.17, 15) is 0 Å². The van der Waals surface area contributed by atoms with E-state index in [1.165, 1.54) is 12.6 Å². The standard InChI is InChI=1S/C8H15N3O.ClH/c1-11(2)8(6-9-12)10-7-4-3-5-7;/h6-7,12H,3-5H2,1-2H3;1H/b9-6+,10-8?;. The third-order valence-electron chi connectivity index (χ3n) is 2.02. The van der Waals surface area contributed by atoms with Gasteiger partial charge in [-0.2, -0.15) is 0 Å². The highest BCUT2D eigenvalue weighted by Crippen LogP contribution is 2.21. The van der Waals surface area contributed by atoms with Crippen molar-refractivity contribution in [3.8, 4) is 0 Å². The van der Waals surface area contributed by atoms with Gasteiger partial charge in [0.1, 0.15) is 12.1 Å². The SMILES string of the molecule is CN(C)C(/C=N/O)=NC1CCC1.Cl. The van der Waals surface area contributed by atoms with Gasteiger partial charge in [-0.25, -0.2) is 0 Å². The summed E-state index contributed by atoms with van der Waals surface area (Å²) in [5.74, 6) is 0.738. The van der Waals surface area contributed by atoms with Gasteiger partial charge in [-0.1, -0.05) is 5.16 Å². The topological polar surface area (TPSA) is 48.2 Å². The van der Waals surface area contributed by atoms with Crippen LogP contribution in [-0.2, 0) is 0 Å². The van der Waals surface area contributed by atoms with E-state index in [1.54, 1.807) is 0 Å². The monoisotopic (exact) mass is 205 g/mol. The van der Waals surface area contributed by atoms with Crippen LogP contribution in [-0.4, -0.2) is 42.3 Å². The first-order valence-corrected chi connectivity index (χ1v) is 4.16. The smallest absolute Gasteiger partial charge is 0.145 e. The highest BCUT2D eigenvalue weighted by molar-refractivity contribution is 6.29. The lowest BCUT2D eigenvalue weighted by molar-refractivity contribution is 0.322. The second kappa shape index (κ2) is 5.80. The molecule has 13 heavy (non-hydrogen) atoms. The van der Waals surface area contributed by atoms with E-state index in [-0.39, 0.29) is 12.4 Å². The molecule has 0 amide bonds. The van der Waals surface area contributed by atoms with Crippen LogP contribution < -0.4 is 0 Å². The number of aliphatic imine (C=N–C) groups is 1. The van der Waals surface area contributed by atoms with Crippen LogP contribution in [0.15, 0.2) is 10.1 Å². The highest BCUT2D eigenvalue weighted by atomic mass is 35.5. The first-order valence-electron chi connectivity index (χ1n) is 4.16. The summed E-state index contributed by atoms with van der Waals surface area (Å²) in [6, 6.07) is 0.445. The highest BCUT2D eigenvalue weighted by Gasteiger charge is 2.16. The molecule has 0 saturated heterocycles. The molecule has 1 aliphatic rings. The fourth-order valence-electron chi connectivity index (χ4n) is 1.02. The molecule has 1 saturated carbocycles. The maximum Gasteiger partial charge on any atom is 0.145 e. The molecule has 76 valence electrons. The van der Waals surface area contributed by atoms with Gasteiger partial charge in [-0.3, -0.25) is 4.99 Å². The number of hydrogen-bond acceptors (Lipinski definition) is 3. The first kappa shape index (κ1) is 12.2. The van der Waals surface area contributed by atoms with Gasteiger partial charge in [0.2, 0.25) is 0 Å². The molecule has 1 aliphatic carbocycles. The lowest BCUT2D eigenvalue weighted by Crippen LogP contribution is -2.27. The Bertz CT molecular complexity index is 200. The van der Waals surface area contributed by atoms with Crippen LogP contribution in [0.4, 0.5) is 0 Å². The van der Waals surface area contributed by atoms with Crippen molar-refractivity contribution in [2.75, 3.05) is 14.1 Å². The molecule has 1 fully saturated rings. The van der Waals surface area contributed by atoms with E-state index in [4.69, 9.17) is 5.21 Å². The predicted molar refractivity (Wildman–Crippen MR) is 56.3 cm³/mol. The summed E-state index contributed by atoms with van der Waals surface area (Å²) in [6.45, 7) is 0. The molecule has 0 atom stereocenters. The minimum absolute atomic E-state index is 0. The van der Waals surface area contributed by atoms with Gasteiger partial charge in [-0.15, -0.1) is 12.4 Å². The Hall–Kier alpha value is -0.770. The fraction of sp³-hybridized carbons (Fsp3) is 0.750. The van der Waals surface area contributed by atoms with Crippen LogP contribution in [0.5, 0.6) is 0 Å². The zero-order valence-corrected chi connectivity index (χ0v) is 8.79. The molecule has 5 heteroatoms. The molecule has 0 unspecified atom stereocenters. The second-order valence-electron chi connectivity index (χ2n) is 3.21. The average molecular weight is 206 g/mol. The quantitative estimate of drug-likeness (QED) is 0.321. The maximum atomic E-state index is 8.35. The molecule has 1 N–H and O–H groups in total. The van der Waals surface area contributed by atoms with Gasteiger partial charge in [0.05, 0.1) is 6.04 Å². The second-order valence-corrected chi connectivity index (χ2v) is 3.21. The van der Waals surface area contributed by atoms with Gasteiger partial charge in [0.25, 0.3) is 0 Å². The molecule has 0 heterocycles. The first-order chi connectivity index (χ1) is 5.74. The van der Waals surface area contributed by atoms with E-state index in [0.717, 1.165) is 18.7 Å². The van der Waals surface area contributed by atoms with Gasteiger partial charge in [0.15, 0.2) is 0 Å². The zero-order valence-electron chi connectivity index (χ0n) is 7.97. The Morgan fingerprint density at radius 3 is 2.38 bits per heavy atom. The Morgan fingerprint density at radius 1 is 1.46 bits per heavy atom. The van der Waals surface area contributed by atoms with E-state index < -0.39 is 0 Å². The van der Waals surface area contributed by atoms with Crippen LogP contribution >= 0.6 is 12.4 Å². The Balaban J connectivity index is 0.00000144. The number of hydrogen-bond donors (Lipinski definition) is 1. The molecule has 0 bridgehead atoms. The van der Waals surface area contributed by atoms with Crippen LogP contribution in [0.25, 0.3) is 0 Å². The average Bonchev–Trinajstić information content (AvgIpc) is 1.93. The molecule has 1 rings (SSSR count). The molecular formula is C8H16ClN3O. The van der Waals surface area contributed by atoms with Crippen molar-refractivity contribution in [2.45, 2.75) is 25.3 Å². The van der Waals surface area contributed by atoms with Gasteiger partial charge < -0.3 is 10.1 Å². The summed E-state index contributed by atoms with van der Waals surface area (Å²) in [6.07, 6.45) is 4.97. The molecule has 0 aromatic rings. The van der Waals surface area contributed by atoms with E-state index in [0.29, 0.717) is 6.04 Å². The summed E-state index contributed by atoms with van der Waals surface area (Å²) in [4.78, 5) is 6.25. The van der Waals surface area contributed by atoms with Crippen LogP contribution in [0, 0.1) is 0 Å². The van der Waals surface area contributed by atoms with E-state index >= 15 is 0 Å². The largest absolute Gasteiger partial charge is 0.411 e. The fourth-order valence-corrected chi connectivity index (χ4v) is 1.02. The van der Waals surface area contributed by atoms with Crippen molar-refractivity contribution in [3.05, 3.63) is 0 Å². The van der Waals surface area contributed by atoms with Gasteiger partial charge in [-0.05, 0) is 19.3 Å². The third kappa shape index (κ3) is 3.63. The molecule has 4 nitrogen and oxygen atoms in total. The summed E-state index contributed by atoms with van der Waals surface area (Å²) in [5.41, 5.74) is 0. The lowest BCUT2D eigenvalue weighted by Gasteiger charge is -2.23. The van der Waals surface area contributed by atoms with Crippen molar-refractivity contribution in [2.24, 2.45) is 10.1 Å². The molecule has 0 radical (unpaired) electrons. The number of halogens is 1. The Morgan fingerprint density at radius 2 is 2.08 bits per heavy atom. The molecule has 0 aliphatic heterocycles. The third-order valence-corrected chi connectivity index (χ3v) is 2.02. The van der Waals surface area contributed by atoms with Gasteiger partial charge >= 0.3 is 0 Å².